The third-order valence-corrected chi connectivity index (χ3v) is 29.3. The Hall–Kier alpha value is -2.88. The van der Waals surface area contributed by atoms with Gasteiger partial charge in [0.25, 0.3) is 0 Å². The third kappa shape index (κ3) is 62.2. The highest BCUT2D eigenvalue weighted by Crippen LogP contribution is 2.57. The van der Waals surface area contributed by atoms with E-state index in [1.807, 2.05) is 42.5 Å². The van der Waals surface area contributed by atoms with Crippen molar-refractivity contribution in [3.63, 3.8) is 0 Å². The quantitative estimate of drug-likeness (QED) is 0.0403. The normalized spacial score (nSPS) is 12.4. The van der Waals surface area contributed by atoms with E-state index < -0.39 is 72.1 Å². The minimum absolute atomic E-state index is 0.172. The lowest BCUT2D eigenvalue weighted by Crippen LogP contribution is -2.10. The zero-order valence-electron chi connectivity index (χ0n) is 64.5. The molecule has 102 heavy (non-hydrogen) atoms. The Morgan fingerprint density at radius 3 is 0.843 bits per heavy atom. The molecule has 0 saturated heterocycles. The first-order valence-corrected chi connectivity index (χ1v) is 47.6. The summed E-state index contributed by atoms with van der Waals surface area (Å²) in [6, 6.07) is 15.5. The third-order valence-electron chi connectivity index (χ3n) is 11.3. The highest BCUT2D eigenvalue weighted by Gasteiger charge is 2.36. The minimum atomic E-state index is -3.19. The number of nitriles is 8. The van der Waals surface area contributed by atoms with Crippen molar-refractivity contribution in [3.05, 3.63) is 0 Å². The van der Waals surface area contributed by atoms with E-state index in [4.69, 9.17) is 114 Å². The van der Waals surface area contributed by atoms with Crippen LogP contribution in [0.1, 0.15) is 203 Å². The molecular weight excluding hydrogens is 1490 g/mol. The average Bonchev–Trinajstić information content (AvgIpc) is 0.880. The topological polar surface area (TPSA) is 475 Å². The van der Waals surface area contributed by atoms with Crippen LogP contribution in [0, 0.1) is 90.6 Å². The molecule has 40 heteroatoms. The van der Waals surface area contributed by atoms with Crippen LogP contribution >= 0.6 is 60.8 Å². The molecule has 0 amide bonds. The predicted molar refractivity (Wildman–Crippen MR) is 395 cm³/mol. The van der Waals surface area contributed by atoms with Crippen LogP contribution in [0.5, 0.6) is 0 Å². The van der Waals surface area contributed by atoms with Gasteiger partial charge in [-0.1, -0.05) is 20.8 Å². The summed E-state index contributed by atoms with van der Waals surface area (Å²) in [6.45, 7) is 40.3. The van der Waals surface area contributed by atoms with Crippen molar-refractivity contribution < 1.29 is 109 Å². The van der Waals surface area contributed by atoms with Gasteiger partial charge in [0.2, 0.25) is 0 Å². The van der Waals surface area contributed by atoms with Gasteiger partial charge in [0.05, 0.1) is 184 Å². The maximum atomic E-state index is 12.1. The lowest BCUT2D eigenvalue weighted by atomic mass is 10.3. The van der Waals surface area contributed by atoms with Crippen molar-refractivity contribution in [1.82, 2.24) is 0 Å². The number of nitrogens with zero attached hydrogens (tertiary/aromatic N) is 8. The van der Waals surface area contributed by atoms with Crippen LogP contribution < -0.4 is 0 Å². The van der Waals surface area contributed by atoms with E-state index in [9.17, 15) is 36.5 Å². The lowest BCUT2D eigenvalue weighted by molar-refractivity contribution is 0.211. The van der Waals surface area contributed by atoms with Crippen molar-refractivity contribution in [2.45, 2.75) is 225 Å². The van der Waals surface area contributed by atoms with Crippen LogP contribution in [0.15, 0.2) is 0 Å². The fourth-order valence-electron chi connectivity index (χ4n) is 6.97. The van der Waals surface area contributed by atoms with E-state index >= 15 is 0 Å². The lowest BCUT2D eigenvalue weighted by Gasteiger charge is -2.22. The number of unbranched alkanes of at least 4 members (excludes halogenated alkanes) is 3. The van der Waals surface area contributed by atoms with Gasteiger partial charge in [-0.2, -0.15) is 42.1 Å². The first-order chi connectivity index (χ1) is 48.2. The Labute approximate surface area is 613 Å². The van der Waals surface area contributed by atoms with E-state index in [1.165, 1.54) is 6.92 Å². The van der Waals surface area contributed by atoms with Crippen molar-refractivity contribution in [2.75, 3.05) is 130 Å². The molecule has 0 aliphatic carbocycles. The summed E-state index contributed by atoms with van der Waals surface area (Å²) in [6.07, 6.45) is 5.49. The molecule has 32 nitrogen and oxygen atoms in total. The summed E-state index contributed by atoms with van der Waals surface area (Å²) in [7, 11) is -24.2. The van der Waals surface area contributed by atoms with Crippen LogP contribution in [0.3, 0.4) is 0 Å². The highest BCUT2D eigenvalue weighted by molar-refractivity contribution is 7.56. The molecule has 0 aromatic rings. The maximum absolute atomic E-state index is 12.1. The van der Waals surface area contributed by atoms with Gasteiger partial charge in [0, 0.05) is 32.1 Å². The van der Waals surface area contributed by atoms with E-state index in [0.29, 0.717) is 163 Å². The van der Waals surface area contributed by atoms with Gasteiger partial charge in [-0.05, 0) is 150 Å². The van der Waals surface area contributed by atoms with E-state index in [0.717, 1.165) is 6.42 Å². The summed E-state index contributed by atoms with van der Waals surface area (Å²) < 4.78 is 174. The first kappa shape index (κ1) is 115. The standard InChI is InChI=1S/2C9H18NO3P.3C8H16NO3P.2C7H14NO3P.C6H12NO3P/c1-4-12-14(11,13-5-2)9(3)7-6-8-10;1-3-12-14(11,13-4-2)9-7-5-6-8-10;1-4-11-13(10,12-5-2)8(3)6-7-9;1-4-8(7-9)13(10,11-5-2)12-6-3;1-3-11-13(10,12-4-2)8-6-5-7-9;1-4-10-12(9,11-5-2)7(3)6-8;1-3-10-12(9,11-4-2)7-5-6-8;1-3-9-11(8,6-5-7)10-4-2/h9H,4-7H2,1-3H3;3-7,9H2,1-2H3;2*8H,4-6H2,1-3H3;3-6,8H2,1-2H3;7H,4-5H2,1-3H3;3-5,7H2,1-2H3;3-4,6H2,1-2H3. The number of rotatable bonds is 50. The number of hydrogen-bond donors (Lipinski definition) is 0. The molecule has 0 saturated carbocycles. The Morgan fingerprint density at radius 1 is 0.275 bits per heavy atom. The molecule has 0 aromatic carbocycles. The van der Waals surface area contributed by atoms with E-state index in [2.05, 4.69) is 0 Å². The Kier molecular flexibility index (Phi) is 84.5. The van der Waals surface area contributed by atoms with Crippen LogP contribution in [0.4, 0.5) is 0 Å². The molecule has 0 rings (SSSR count). The van der Waals surface area contributed by atoms with Gasteiger partial charge in [-0.25, -0.2) is 0 Å². The average molecular weight is 1610 g/mol. The maximum Gasteiger partial charge on any atom is 0.347 e. The summed E-state index contributed by atoms with van der Waals surface area (Å²) in [5.41, 5.74) is -1.90. The smallest absolute Gasteiger partial charge is 0.309 e. The van der Waals surface area contributed by atoms with E-state index in [-0.39, 0.29) is 36.5 Å². The van der Waals surface area contributed by atoms with Crippen LogP contribution in [0.25, 0.3) is 0 Å². The summed E-state index contributed by atoms with van der Waals surface area (Å²) in [5, 5.41) is 67.3. The fraction of sp³-hybridized carbons (Fsp3) is 0.871. The molecule has 4 atom stereocenters. The van der Waals surface area contributed by atoms with Crippen molar-refractivity contribution in [3.8, 4) is 48.6 Å². The van der Waals surface area contributed by atoms with Gasteiger partial charge in [0.15, 0.2) is 0 Å². The van der Waals surface area contributed by atoms with Crippen molar-refractivity contribution in [2.24, 2.45) is 0 Å². The van der Waals surface area contributed by atoms with Gasteiger partial charge in [0.1, 0.15) is 17.5 Å². The van der Waals surface area contributed by atoms with Crippen molar-refractivity contribution in [1.29, 1.82) is 42.1 Å². The second-order valence-electron chi connectivity index (χ2n) is 19.2. The highest BCUT2D eigenvalue weighted by atomic mass is 31.2. The molecule has 596 valence electrons. The zero-order valence-corrected chi connectivity index (χ0v) is 71.6. The van der Waals surface area contributed by atoms with Crippen LogP contribution in [0.2, 0.25) is 0 Å². The molecule has 0 N–H and O–H groups in total. The molecule has 0 aromatic heterocycles. The van der Waals surface area contributed by atoms with E-state index in [1.54, 1.807) is 138 Å². The summed E-state index contributed by atoms with van der Waals surface area (Å²) >= 11 is 0. The molecule has 0 aliphatic heterocycles. The second kappa shape index (κ2) is 75.0. The Balaban J connectivity index is -0.000000165. The van der Waals surface area contributed by atoms with Gasteiger partial charge in [-0.3, -0.25) is 36.5 Å². The van der Waals surface area contributed by atoms with Gasteiger partial charge < -0.3 is 72.4 Å². The molecule has 4 unspecified atom stereocenters. The summed E-state index contributed by atoms with van der Waals surface area (Å²) in [5.74, 6) is 0. The van der Waals surface area contributed by atoms with Gasteiger partial charge in [-0.15, -0.1) is 0 Å². The SMILES string of the molecule is CCOP(=O)(CC#N)OCC.CCOP(=O)(CCC#N)OCC.CCOP(=O)(CCCC#N)OCC.CCOP(=O)(CCCCC#N)OCC.CCOP(=O)(OCC)C(C#N)CC.CCOP(=O)(OCC)C(C)C#N.CCOP(=O)(OCC)C(C)CC#N.CCOP(=O)(OCC)C(C)CCC#N. The fourth-order valence-corrected chi connectivity index (χ4v) is 19.6. The molecule has 0 heterocycles. The Morgan fingerprint density at radius 2 is 0.559 bits per heavy atom. The number of hydrogen-bond acceptors (Lipinski definition) is 32. The van der Waals surface area contributed by atoms with Gasteiger partial charge >= 0.3 is 60.8 Å². The minimum Gasteiger partial charge on any atom is -0.309 e. The Bertz CT molecular complexity index is 2750. The molecular formula is C62H124N8O24P8. The molecule has 0 radical (unpaired) electrons. The monoisotopic (exact) mass is 1610 g/mol. The molecule has 0 spiro atoms. The molecule has 0 bridgehead atoms. The zero-order chi connectivity index (χ0) is 80.5. The van der Waals surface area contributed by atoms with Crippen LogP contribution in [-0.2, 0) is 109 Å². The molecule has 0 fully saturated rings. The second-order valence-corrected chi connectivity index (χ2v) is 37.3. The van der Waals surface area contributed by atoms with Crippen LogP contribution in [-0.4, -0.2) is 153 Å². The first-order valence-electron chi connectivity index (χ1n) is 34.3. The predicted octanol–water partition coefficient (Wildman–Crippen LogP) is 19.7. The van der Waals surface area contributed by atoms with Crippen molar-refractivity contribution >= 4 is 60.8 Å². The largest absolute Gasteiger partial charge is 0.347 e. The summed E-state index contributed by atoms with van der Waals surface area (Å²) in [4.78, 5) is 0. The molecule has 0 aliphatic rings.